The van der Waals surface area contributed by atoms with Crippen molar-refractivity contribution >= 4 is 5.97 Å². The minimum Gasteiger partial charge on any atom is -0.409 e. The number of hydrogen-bond acceptors (Lipinski definition) is 4. The van der Waals surface area contributed by atoms with Gasteiger partial charge in [-0.25, -0.2) is 4.79 Å². The Kier molecular flexibility index (Phi) is 4.18. The van der Waals surface area contributed by atoms with E-state index >= 15 is 0 Å². The predicted molar refractivity (Wildman–Crippen MR) is 81.2 cm³/mol. The van der Waals surface area contributed by atoms with Gasteiger partial charge in [0.25, 0.3) is 5.56 Å². The van der Waals surface area contributed by atoms with Gasteiger partial charge in [-0.1, -0.05) is 19.8 Å². The molecule has 0 aromatic carbocycles. The molecular formula is C16H22N2O4. The number of esters is 1. The van der Waals surface area contributed by atoms with Crippen molar-refractivity contribution in [3.05, 3.63) is 26.4 Å². The summed E-state index contributed by atoms with van der Waals surface area (Å²) in [6.45, 7) is 2.56. The van der Waals surface area contributed by atoms with E-state index in [4.69, 9.17) is 4.74 Å². The smallest absolute Gasteiger partial charge is 0.331 e. The van der Waals surface area contributed by atoms with Crippen LogP contribution in [0, 0.1) is 5.92 Å². The molecule has 22 heavy (non-hydrogen) atoms. The average molecular weight is 306 g/mol. The second-order valence-electron chi connectivity index (χ2n) is 6.38. The molecule has 1 atom stereocenters. The van der Waals surface area contributed by atoms with Crippen molar-refractivity contribution in [1.82, 2.24) is 9.55 Å². The largest absolute Gasteiger partial charge is 0.409 e. The van der Waals surface area contributed by atoms with Gasteiger partial charge in [0.15, 0.2) is 0 Å². The maximum atomic E-state index is 12.8. The van der Waals surface area contributed by atoms with E-state index in [1.165, 1.54) is 4.57 Å². The van der Waals surface area contributed by atoms with Crippen molar-refractivity contribution in [2.24, 2.45) is 5.92 Å². The molecule has 1 saturated carbocycles. The Bertz CT molecular complexity index is 684. The molecule has 2 heterocycles. The highest BCUT2D eigenvalue weighted by Crippen LogP contribution is 2.33. The molecule has 2 aliphatic rings. The Morgan fingerprint density at radius 1 is 1.23 bits per heavy atom. The monoisotopic (exact) mass is 306 g/mol. The topological polar surface area (TPSA) is 81.2 Å². The fraction of sp³-hybridized carbons (Fsp3) is 0.688. The molecule has 1 unspecified atom stereocenters. The normalized spacial score (nSPS) is 21.1. The fourth-order valence-electron chi connectivity index (χ4n) is 3.07. The Labute approximate surface area is 128 Å². The molecule has 6 nitrogen and oxygen atoms in total. The van der Waals surface area contributed by atoms with E-state index in [1.807, 2.05) is 0 Å². The van der Waals surface area contributed by atoms with Crippen molar-refractivity contribution in [2.75, 3.05) is 0 Å². The quantitative estimate of drug-likeness (QED) is 0.843. The SMILES string of the molecule is CCCCC1CCC(=O)Oc2[nH]c(=O)n(CC3CC3)c(=O)c21. The van der Waals surface area contributed by atoms with Gasteiger partial charge in [0.2, 0.25) is 5.88 Å². The molecule has 0 radical (unpaired) electrons. The highest BCUT2D eigenvalue weighted by molar-refractivity contribution is 5.73. The molecule has 120 valence electrons. The number of carbonyl (C=O) groups is 1. The van der Waals surface area contributed by atoms with Crippen LogP contribution in [0.5, 0.6) is 5.88 Å². The Morgan fingerprint density at radius 2 is 2.00 bits per heavy atom. The summed E-state index contributed by atoms with van der Waals surface area (Å²) in [5, 5.41) is 0. The van der Waals surface area contributed by atoms with E-state index in [0.717, 1.165) is 32.1 Å². The third kappa shape index (κ3) is 3.00. The first kappa shape index (κ1) is 15.1. The van der Waals surface area contributed by atoms with Crippen LogP contribution < -0.4 is 16.0 Å². The van der Waals surface area contributed by atoms with Crippen LogP contribution in [0.15, 0.2) is 9.59 Å². The lowest BCUT2D eigenvalue weighted by molar-refractivity contribution is -0.134. The van der Waals surface area contributed by atoms with Gasteiger partial charge in [-0.2, -0.15) is 0 Å². The maximum Gasteiger partial charge on any atom is 0.331 e. The van der Waals surface area contributed by atoms with Crippen LogP contribution in [-0.4, -0.2) is 15.5 Å². The number of carbonyl (C=O) groups excluding carboxylic acids is 1. The number of H-pyrrole nitrogens is 1. The van der Waals surface area contributed by atoms with Gasteiger partial charge >= 0.3 is 11.7 Å². The van der Waals surface area contributed by atoms with Crippen LogP contribution in [0.2, 0.25) is 0 Å². The first-order valence-electron chi connectivity index (χ1n) is 8.17. The number of rotatable bonds is 5. The van der Waals surface area contributed by atoms with Gasteiger partial charge in [0.1, 0.15) is 0 Å². The lowest BCUT2D eigenvalue weighted by Gasteiger charge is -2.16. The van der Waals surface area contributed by atoms with Crippen LogP contribution in [-0.2, 0) is 11.3 Å². The summed E-state index contributed by atoms with van der Waals surface area (Å²) in [4.78, 5) is 39.2. The fourth-order valence-corrected chi connectivity index (χ4v) is 3.07. The molecule has 3 rings (SSSR count). The number of nitrogens with zero attached hydrogens (tertiary/aromatic N) is 1. The minimum absolute atomic E-state index is 0.0174. The first-order chi connectivity index (χ1) is 10.6. The Balaban J connectivity index is 2.05. The average Bonchev–Trinajstić information content (AvgIpc) is 3.29. The van der Waals surface area contributed by atoms with Gasteiger partial charge in [0.05, 0.1) is 5.56 Å². The maximum absolute atomic E-state index is 12.8. The zero-order valence-corrected chi connectivity index (χ0v) is 12.9. The van der Waals surface area contributed by atoms with Crippen molar-refractivity contribution in [1.29, 1.82) is 0 Å². The summed E-state index contributed by atoms with van der Waals surface area (Å²) in [5.74, 6) is 0.108. The van der Waals surface area contributed by atoms with Gasteiger partial charge in [-0.3, -0.25) is 19.1 Å². The molecule has 6 heteroatoms. The zero-order valence-electron chi connectivity index (χ0n) is 12.9. The number of hydrogen-bond donors (Lipinski definition) is 1. The molecule has 0 amide bonds. The number of fused-ring (bicyclic) bond motifs is 1. The number of unbranched alkanes of at least 4 members (excludes halogenated alkanes) is 1. The summed E-state index contributed by atoms with van der Waals surface area (Å²) >= 11 is 0. The van der Waals surface area contributed by atoms with Gasteiger partial charge in [-0.05, 0) is 37.5 Å². The summed E-state index contributed by atoms with van der Waals surface area (Å²) in [6.07, 6.45) is 5.88. The second kappa shape index (κ2) is 6.10. The van der Waals surface area contributed by atoms with Crippen molar-refractivity contribution in [3.8, 4) is 5.88 Å². The third-order valence-corrected chi connectivity index (χ3v) is 4.55. The lowest BCUT2D eigenvalue weighted by Crippen LogP contribution is -2.38. The number of aromatic amines is 1. The number of ether oxygens (including phenoxy) is 1. The number of nitrogens with one attached hydrogen (secondary N) is 1. The van der Waals surface area contributed by atoms with E-state index in [1.54, 1.807) is 0 Å². The summed E-state index contributed by atoms with van der Waals surface area (Å²) < 4.78 is 6.48. The van der Waals surface area contributed by atoms with Crippen LogP contribution in [0.3, 0.4) is 0 Å². The molecule has 1 fully saturated rings. The molecular weight excluding hydrogens is 284 g/mol. The Hall–Kier alpha value is -1.85. The van der Waals surface area contributed by atoms with E-state index in [2.05, 4.69) is 11.9 Å². The summed E-state index contributed by atoms with van der Waals surface area (Å²) in [7, 11) is 0. The number of aromatic nitrogens is 2. The summed E-state index contributed by atoms with van der Waals surface area (Å²) in [5.41, 5.74) is -0.263. The van der Waals surface area contributed by atoms with E-state index in [-0.39, 0.29) is 29.7 Å². The third-order valence-electron chi connectivity index (χ3n) is 4.55. The molecule has 1 aromatic rings. The molecule has 1 aromatic heterocycles. The summed E-state index contributed by atoms with van der Waals surface area (Å²) in [6, 6.07) is 0. The van der Waals surface area contributed by atoms with Gasteiger partial charge < -0.3 is 4.74 Å². The van der Waals surface area contributed by atoms with Gasteiger partial charge in [0, 0.05) is 13.0 Å². The molecule has 1 N–H and O–H groups in total. The van der Waals surface area contributed by atoms with Crippen LogP contribution >= 0.6 is 0 Å². The van der Waals surface area contributed by atoms with Crippen molar-refractivity contribution in [3.63, 3.8) is 0 Å². The van der Waals surface area contributed by atoms with Crippen LogP contribution in [0.1, 0.15) is 63.4 Å². The minimum atomic E-state index is -0.473. The highest BCUT2D eigenvalue weighted by atomic mass is 16.5. The van der Waals surface area contributed by atoms with Crippen LogP contribution in [0.4, 0.5) is 0 Å². The van der Waals surface area contributed by atoms with Gasteiger partial charge in [-0.15, -0.1) is 0 Å². The van der Waals surface area contributed by atoms with E-state index < -0.39 is 5.69 Å². The lowest BCUT2D eigenvalue weighted by atomic mass is 9.91. The predicted octanol–water partition coefficient (Wildman–Crippen LogP) is 1.92. The van der Waals surface area contributed by atoms with Crippen LogP contribution in [0.25, 0.3) is 0 Å². The van der Waals surface area contributed by atoms with Crippen molar-refractivity contribution < 1.29 is 9.53 Å². The Morgan fingerprint density at radius 3 is 2.68 bits per heavy atom. The molecule has 1 aliphatic heterocycles. The van der Waals surface area contributed by atoms with E-state index in [0.29, 0.717) is 24.4 Å². The van der Waals surface area contributed by atoms with Crippen molar-refractivity contribution in [2.45, 2.75) is 64.3 Å². The molecule has 0 spiro atoms. The molecule has 0 saturated heterocycles. The molecule has 0 bridgehead atoms. The first-order valence-corrected chi connectivity index (χ1v) is 8.17. The standard InChI is InChI=1S/C16H22N2O4/c1-2-3-4-11-7-8-12(19)22-14-13(11)15(20)18(16(21)17-14)9-10-5-6-10/h10-11H,2-9H2,1H3,(H,17,21). The highest BCUT2D eigenvalue weighted by Gasteiger charge is 2.30. The zero-order chi connectivity index (χ0) is 15.7. The molecule has 1 aliphatic carbocycles. The second-order valence-corrected chi connectivity index (χ2v) is 6.38. The van der Waals surface area contributed by atoms with E-state index in [9.17, 15) is 14.4 Å².